The van der Waals surface area contributed by atoms with Crippen LogP contribution in [0.1, 0.15) is 6.42 Å². The second-order valence-corrected chi connectivity index (χ2v) is 5.25. The van der Waals surface area contributed by atoms with Crippen molar-refractivity contribution in [3.05, 3.63) is 28.2 Å². The van der Waals surface area contributed by atoms with Gasteiger partial charge in [-0.15, -0.1) is 0 Å². The molecule has 0 radical (unpaired) electrons. The summed E-state index contributed by atoms with van der Waals surface area (Å²) in [5, 5.41) is 3.45. The predicted octanol–water partition coefficient (Wildman–Crippen LogP) is 2.18. The Morgan fingerprint density at radius 3 is 2.35 bits per heavy atom. The smallest absolute Gasteiger partial charge is 0.233 e. The summed E-state index contributed by atoms with van der Waals surface area (Å²) in [6.07, 6.45) is -0.204. The van der Waals surface area contributed by atoms with E-state index < -0.39 is 0 Å². The number of amides is 2. The highest BCUT2D eigenvalue weighted by atomic mass is 35.5. The highest BCUT2D eigenvalue weighted by Crippen LogP contribution is 2.22. The standard InChI is InChI=1S/C13H14Cl2N2O3/c14-9-5-10(15)7-11(6-9)16-12(18)8-13(19)17-1-3-20-4-2-17/h5-7H,1-4,8H2,(H,16,18). The predicted molar refractivity (Wildman–Crippen MR) is 77.1 cm³/mol. The molecule has 0 aromatic heterocycles. The van der Waals surface area contributed by atoms with Gasteiger partial charge < -0.3 is 15.0 Å². The molecule has 0 atom stereocenters. The molecule has 20 heavy (non-hydrogen) atoms. The number of anilines is 1. The van der Waals surface area contributed by atoms with Gasteiger partial charge in [-0.1, -0.05) is 23.2 Å². The number of nitrogens with one attached hydrogen (secondary N) is 1. The van der Waals surface area contributed by atoms with E-state index in [-0.39, 0.29) is 18.2 Å². The van der Waals surface area contributed by atoms with Crippen LogP contribution in [0.5, 0.6) is 0 Å². The van der Waals surface area contributed by atoms with Gasteiger partial charge in [0.15, 0.2) is 0 Å². The second-order valence-electron chi connectivity index (χ2n) is 4.38. The topological polar surface area (TPSA) is 58.6 Å². The maximum atomic E-state index is 11.9. The van der Waals surface area contributed by atoms with E-state index in [4.69, 9.17) is 27.9 Å². The molecule has 0 unspecified atom stereocenters. The minimum Gasteiger partial charge on any atom is -0.378 e. The molecule has 1 heterocycles. The highest BCUT2D eigenvalue weighted by molar-refractivity contribution is 6.35. The molecule has 1 saturated heterocycles. The summed E-state index contributed by atoms with van der Waals surface area (Å²) in [7, 11) is 0. The third kappa shape index (κ3) is 4.37. The van der Waals surface area contributed by atoms with E-state index in [2.05, 4.69) is 5.32 Å². The lowest BCUT2D eigenvalue weighted by molar-refractivity contribution is -0.138. The molecule has 1 aromatic carbocycles. The number of hydrogen-bond acceptors (Lipinski definition) is 3. The Labute approximate surface area is 126 Å². The summed E-state index contributed by atoms with van der Waals surface area (Å²) >= 11 is 11.7. The molecular weight excluding hydrogens is 303 g/mol. The number of halogens is 2. The van der Waals surface area contributed by atoms with Gasteiger partial charge in [-0.05, 0) is 18.2 Å². The van der Waals surface area contributed by atoms with Crippen LogP contribution in [0, 0.1) is 0 Å². The molecule has 2 amide bonds. The van der Waals surface area contributed by atoms with Crippen LogP contribution in [0.25, 0.3) is 0 Å². The zero-order valence-electron chi connectivity index (χ0n) is 10.7. The van der Waals surface area contributed by atoms with Crippen molar-refractivity contribution < 1.29 is 14.3 Å². The summed E-state index contributed by atoms with van der Waals surface area (Å²) in [4.78, 5) is 25.3. The number of rotatable bonds is 3. The van der Waals surface area contributed by atoms with Crippen LogP contribution < -0.4 is 5.32 Å². The number of nitrogens with zero attached hydrogens (tertiary/aromatic N) is 1. The first-order valence-electron chi connectivity index (χ1n) is 6.16. The zero-order valence-corrected chi connectivity index (χ0v) is 12.2. The molecule has 1 fully saturated rings. The molecule has 1 N–H and O–H groups in total. The van der Waals surface area contributed by atoms with Crippen molar-refractivity contribution in [3.8, 4) is 0 Å². The molecule has 1 aliphatic rings. The summed E-state index contributed by atoms with van der Waals surface area (Å²) < 4.78 is 5.15. The van der Waals surface area contributed by atoms with Gasteiger partial charge in [0.1, 0.15) is 6.42 Å². The summed E-state index contributed by atoms with van der Waals surface area (Å²) in [5.41, 5.74) is 0.474. The molecule has 2 rings (SSSR count). The lowest BCUT2D eigenvalue weighted by Gasteiger charge is -2.26. The molecule has 0 bridgehead atoms. The van der Waals surface area contributed by atoms with Crippen LogP contribution in [-0.4, -0.2) is 43.0 Å². The average Bonchev–Trinajstić information content (AvgIpc) is 2.38. The molecule has 1 aromatic rings. The summed E-state index contributed by atoms with van der Waals surface area (Å²) in [6.45, 7) is 2.07. The van der Waals surface area contributed by atoms with Gasteiger partial charge >= 0.3 is 0 Å². The van der Waals surface area contributed by atoms with Crippen LogP contribution in [0.3, 0.4) is 0 Å². The first-order valence-corrected chi connectivity index (χ1v) is 6.91. The minimum absolute atomic E-state index is 0.204. The van der Waals surface area contributed by atoms with Crippen LogP contribution in [0.4, 0.5) is 5.69 Å². The van der Waals surface area contributed by atoms with E-state index in [0.29, 0.717) is 42.0 Å². The summed E-state index contributed by atoms with van der Waals surface area (Å²) in [6, 6.07) is 4.72. The fourth-order valence-electron chi connectivity index (χ4n) is 1.89. The van der Waals surface area contributed by atoms with Crippen molar-refractivity contribution in [2.24, 2.45) is 0 Å². The third-order valence-corrected chi connectivity index (χ3v) is 3.26. The van der Waals surface area contributed by atoms with Gasteiger partial charge in [-0.3, -0.25) is 9.59 Å². The van der Waals surface area contributed by atoms with E-state index in [0.717, 1.165) is 0 Å². The number of carbonyl (C=O) groups is 2. The summed E-state index contributed by atoms with van der Waals surface area (Å²) in [5.74, 6) is -0.598. The van der Waals surface area contributed by atoms with E-state index in [1.165, 1.54) is 0 Å². The molecule has 108 valence electrons. The fourth-order valence-corrected chi connectivity index (χ4v) is 2.42. The molecule has 5 nitrogen and oxygen atoms in total. The Kier molecular flexibility index (Phi) is 5.23. The quantitative estimate of drug-likeness (QED) is 0.869. The number of carbonyl (C=O) groups excluding carboxylic acids is 2. The van der Waals surface area contributed by atoms with Crippen molar-refractivity contribution in [2.45, 2.75) is 6.42 Å². The van der Waals surface area contributed by atoms with E-state index in [1.54, 1.807) is 23.1 Å². The Hall–Kier alpha value is -1.30. The maximum Gasteiger partial charge on any atom is 0.233 e. The number of hydrogen-bond donors (Lipinski definition) is 1. The lowest BCUT2D eigenvalue weighted by Crippen LogP contribution is -2.41. The number of morpholine rings is 1. The SMILES string of the molecule is O=C(CC(=O)N1CCOCC1)Nc1cc(Cl)cc(Cl)c1. The minimum atomic E-state index is -0.389. The van der Waals surface area contributed by atoms with Gasteiger partial charge in [-0.25, -0.2) is 0 Å². The van der Waals surface area contributed by atoms with Crippen molar-refractivity contribution >= 4 is 40.7 Å². The molecule has 0 aliphatic carbocycles. The van der Waals surface area contributed by atoms with Crippen molar-refractivity contribution in [1.82, 2.24) is 4.90 Å². The molecule has 0 saturated carbocycles. The highest BCUT2D eigenvalue weighted by Gasteiger charge is 2.19. The second kappa shape index (κ2) is 6.92. The van der Waals surface area contributed by atoms with Crippen LogP contribution in [0.15, 0.2) is 18.2 Å². The van der Waals surface area contributed by atoms with Gasteiger partial charge in [0, 0.05) is 28.8 Å². The monoisotopic (exact) mass is 316 g/mol. The van der Waals surface area contributed by atoms with Crippen LogP contribution in [0.2, 0.25) is 10.0 Å². The first kappa shape index (κ1) is 15.1. The molecule has 0 spiro atoms. The Morgan fingerprint density at radius 1 is 1.15 bits per heavy atom. The average molecular weight is 317 g/mol. The van der Waals surface area contributed by atoms with Crippen LogP contribution >= 0.6 is 23.2 Å². The third-order valence-electron chi connectivity index (χ3n) is 2.82. The van der Waals surface area contributed by atoms with Gasteiger partial charge in [0.2, 0.25) is 11.8 Å². The lowest BCUT2D eigenvalue weighted by atomic mass is 10.2. The van der Waals surface area contributed by atoms with Gasteiger partial charge in [-0.2, -0.15) is 0 Å². The van der Waals surface area contributed by atoms with Gasteiger partial charge in [0.25, 0.3) is 0 Å². The fraction of sp³-hybridized carbons (Fsp3) is 0.385. The van der Waals surface area contributed by atoms with Crippen molar-refractivity contribution in [3.63, 3.8) is 0 Å². The normalized spacial score (nSPS) is 15.0. The Bertz CT molecular complexity index is 496. The molecular formula is C13H14Cl2N2O3. The van der Waals surface area contributed by atoms with E-state index in [1.807, 2.05) is 0 Å². The first-order chi connectivity index (χ1) is 9.54. The van der Waals surface area contributed by atoms with Crippen LogP contribution in [-0.2, 0) is 14.3 Å². The van der Waals surface area contributed by atoms with Crippen molar-refractivity contribution in [2.75, 3.05) is 31.6 Å². The number of ether oxygens (including phenoxy) is 1. The maximum absolute atomic E-state index is 11.9. The van der Waals surface area contributed by atoms with E-state index in [9.17, 15) is 9.59 Å². The van der Waals surface area contributed by atoms with Gasteiger partial charge in [0.05, 0.1) is 13.2 Å². The van der Waals surface area contributed by atoms with Crippen molar-refractivity contribution in [1.29, 1.82) is 0 Å². The zero-order chi connectivity index (χ0) is 14.5. The molecule has 7 heteroatoms. The Morgan fingerprint density at radius 2 is 1.75 bits per heavy atom. The largest absolute Gasteiger partial charge is 0.378 e. The Balaban J connectivity index is 1.89. The number of benzene rings is 1. The molecule has 1 aliphatic heterocycles. The van der Waals surface area contributed by atoms with E-state index >= 15 is 0 Å².